The number of ether oxygens (including phenoxy) is 1. The number of nitrogens with one attached hydrogen (secondary N) is 1. The fourth-order valence-corrected chi connectivity index (χ4v) is 4.99. The highest BCUT2D eigenvalue weighted by Gasteiger charge is 2.52. The van der Waals surface area contributed by atoms with Crippen molar-refractivity contribution in [1.82, 2.24) is 5.32 Å². The summed E-state index contributed by atoms with van der Waals surface area (Å²) in [5.74, 6) is -0.0326. The van der Waals surface area contributed by atoms with Crippen LogP contribution in [-0.4, -0.2) is 37.6 Å². The zero-order chi connectivity index (χ0) is 27.8. The van der Waals surface area contributed by atoms with Gasteiger partial charge in [0.2, 0.25) is 0 Å². The summed E-state index contributed by atoms with van der Waals surface area (Å²) in [6.07, 6.45) is 1.26. The maximum absolute atomic E-state index is 12.9. The number of nitrogens with two attached hydrogens (primary N) is 1. The summed E-state index contributed by atoms with van der Waals surface area (Å²) >= 11 is 0. The van der Waals surface area contributed by atoms with Crippen molar-refractivity contribution < 1.29 is 18.8 Å². The van der Waals surface area contributed by atoms with Crippen LogP contribution >= 0.6 is 0 Å². The molecule has 0 aromatic heterocycles. The summed E-state index contributed by atoms with van der Waals surface area (Å²) in [6.45, 7) is 8.20. The molecule has 1 aliphatic heterocycles. The Kier molecular flexibility index (Phi) is 6.98. The molecule has 3 aromatic rings. The van der Waals surface area contributed by atoms with Crippen molar-refractivity contribution >= 4 is 25.0 Å². The van der Waals surface area contributed by atoms with Gasteiger partial charge in [0, 0.05) is 18.2 Å². The van der Waals surface area contributed by atoms with Gasteiger partial charge in [-0.15, -0.1) is 0 Å². The van der Waals surface area contributed by atoms with Crippen LogP contribution < -0.4 is 11.1 Å². The topological polar surface area (TPSA) is 107 Å². The number of fused-ring (bicyclic) bond motifs is 3. The lowest BCUT2D eigenvalue weighted by molar-refractivity contribution is 0.00578. The standard InChI is InChI=1S/C31H32BN3O4/c1-30(2)31(3,4)39-32(38-30)22(16-21-15-20(17-33)13-14-28(21)34)18-35-29(36)37-19-27-25-11-7-5-9-23(25)24-10-6-8-12-26(24)27/h5-16,27H,18-19,34H2,1-4H3,(H,35,36). The van der Waals surface area contributed by atoms with E-state index in [1.165, 1.54) is 11.1 Å². The molecule has 2 aliphatic rings. The molecule has 198 valence electrons. The molecule has 0 atom stereocenters. The van der Waals surface area contributed by atoms with Crippen LogP contribution in [0, 0.1) is 11.3 Å². The van der Waals surface area contributed by atoms with Crippen LogP contribution in [0.2, 0.25) is 0 Å². The third-order valence-corrected chi connectivity index (χ3v) is 7.89. The van der Waals surface area contributed by atoms with Crippen molar-refractivity contribution in [3.8, 4) is 17.2 Å². The van der Waals surface area contributed by atoms with Gasteiger partial charge in [0.25, 0.3) is 0 Å². The van der Waals surface area contributed by atoms with Crippen LogP contribution in [0.3, 0.4) is 0 Å². The first-order valence-electron chi connectivity index (χ1n) is 13.0. The van der Waals surface area contributed by atoms with Crippen molar-refractivity contribution in [1.29, 1.82) is 5.26 Å². The second kappa shape index (κ2) is 10.3. The van der Waals surface area contributed by atoms with Gasteiger partial charge in [0.15, 0.2) is 0 Å². The molecule has 1 saturated heterocycles. The van der Waals surface area contributed by atoms with Crippen LogP contribution in [0.5, 0.6) is 0 Å². The van der Waals surface area contributed by atoms with Crippen molar-refractivity contribution in [3.63, 3.8) is 0 Å². The monoisotopic (exact) mass is 521 g/mol. The van der Waals surface area contributed by atoms with Crippen LogP contribution in [0.1, 0.15) is 55.9 Å². The molecule has 3 aromatic carbocycles. The third kappa shape index (κ3) is 5.16. The molecule has 5 rings (SSSR count). The SMILES string of the molecule is CC1(C)OB(C(=Cc2cc(C#N)ccc2N)CNC(=O)OCC2c3ccccc3-c3ccccc32)OC1(C)C. The van der Waals surface area contributed by atoms with Crippen molar-refractivity contribution in [3.05, 3.63) is 94.5 Å². The number of carbonyl (C=O) groups excluding carboxylic acids is 1. The van der Waals surface area contributed by atoms with Crippen molar-refractivity contribution in [2.45, 2.75) is 44.8 Å². The van der Waals surface area contributed by atoms with Gasteiger partial charge in [-0.25, -0.2) is 4.79 Å². The summed E-state index contributed by atoms with van der Waals surface area (Å²) in [6, 6.07) is 23.6. The number of amides is 1. The summed E-state index contributed by atoms with van der Waals surface area (Å²) in [7, 11) is -0.714. The second-order valence-corrected chi connectivity index (χ2v) is 10.9. The van der Waals surface area contributed by atoms with Crippen LogP contribution in [0.15, 0.2) is 72.2 Å². The maximum Gasteiger partial charge on any atom is 0.492 e. The average Bonchev–Trinajstić information content (AvgIpc) is 3.35. The molecular weight excluding hydrogens is 489 g/mol. The largest absolute Gasteiger partial charge is 0.492 e. The van der Waals surface area contributed by atoms with E-state index >= 15 is 0 Å². The lowest BCUT2D eigenvalue weighted by Gasteiger charge is -2.32. The van der Waals surface area contributed by atoms with Crippen LogP contribution in [0.25, 0.3) is 17.2 Å². The molecular formula is C31H32BN3O4. The minimum atomic E-state index is -0.714. The lowest BCUT2D eigenvalue weighted by Crippen LogP contribution is -2.41. The first-order valence-corrected chi connectivity index (χ1v) is 13.0. The quantitative estimate of drug-likeness (QED) is 0.319. The van der Waals surface area contributed by atoms with E-state index in [1.807, 2.05) is 58.0 Å². The highest BCUT2D eigenvalue weighted by Crippen LogP contribution is 2.44. The predicted molar refractivity (Wildman–Crippen MR) is 153 cm³/mol. The average molecular weight is 521 g/mol. The molecule has 0 spiro atoms. The van der Waals surface area contributed by atoms with Gasteiger partial charge in [-0.1, -0.05) is 54.6 Å². The zero-order valence-corrected chi connectivity index (χ0v) is 22.7. The molecule has 0 radical (unpaired) electrons. The Morgan fingerprint density at radius 1 is 1.03 bits per heavy atom. The number of nitriles is 1. The summed E-state index contributed by atoms with van der Waals surface area (Å²) < 4.78 is 18.2. The first-order chi connectivity index (χ1) is 18.6. The van der Waals surface area contributed by atoms with E-state index in [0.29, 0.717) is 22.3 Å². The zero-order valence-electron chi connectivity index (χ0n) is 22.7. The Balaban J connectivity index is 1.33. The fourth-order valence-electron chi connectivity index (χ4n) is 4.99. The highest BCUT2D eigenvalue weighted by atomic mass is 16.7. The van der Waals surface area contributed by atoms with E-state index in [2.05, 4.69) is 35.7 Å². The Labute approximate surface area is 229 Å². The Hall–Kier alpha value is -4.06. The molecule has 1 fully saturated rings. The molecule has 8 heteroatoms. The number of hydrogen-bond donors (Lipinski definition) is 2. The van der Waals surface area contributed by atoms with E-state index in [0.717, 1.165) is 11.1 Å². The number of carbonyl (C=O) groups is 1. The Morgan fingerprint density at radius 3 is 2.21 bits per heavy atom. The first kappa shape index (κ1) is 26.5. The normalized spacial score (nSPS) is 17.3. The third-order valence-electron chi connectivity index (χ3n) is 7.89. The van der Waals surface area contributed by atoms with Crippen LogP contribution in [0.4, 0.5) is 10.5 Å². The summed E-state index contributed by atoms with van der Waals surface area (Å²) in [5.41, 5.74) is 12.0. The molecule has 7 nitrogen and oxygen atoms in total. The molecule has 39 heavy (non-hydrogen) atoms. The molecule has 1 heterocycles. The molecule has 1 aliphatic carbocycles. The highest BCUT2D eigenvalue weighted by molar-refractivity contribution is 6.56. The number of hydrogen-bond acceptors (Lipinski definition) is 6. The lowest BCUT2D eigenvalue weighted by atomic mass is 9.76. The number of nitrogens with zero attached hydrogens (tertiary/aromatic N) is 1. The number of alkyl carbamates (subject to hydrolysis) is 1. The van der Waals surface area contributed by atoms with Gasteiger partial charge in [-0.2, -0.15) is 5.26 Å². The van der Waals surface area contributed by atoms with Crippen molar-refractivity contribution in [2.24, 2.45) is 0 Å². The fraction of sp³-hybridized carbons (Fsp3) is 0.290. The number of anilines is 1. The van der Waals surface area contributed by atoms with Gasteiger partial charge < -0.3 is 25.1 Å². The smallest absolute Gasteiger partial charge is 0.449 e. The predicted octanol–water partition coefficient (Wildman–Crippen LogP) is 5.69. The van der Waals surface area contributed by atoms with E-state index in [1.54, 1.807) is 18.2 Å². The molecule has 1 amide bonds. The number of benzene rings is 3. The van der Waals surface area contributed by atoms with E-state index < -0.39 is 24.4 Å². The number of rotatable bonds is 6. The minimum Gasteiger partial charge on any atom is -0.449 e. The molecule has 0 saturated carbocycles. The van der Waals surface area contributed by atoms with Gasteiger partial charge >= 0.3 is 13.2 Å². The van der Waals surface area contributed by atoms with Gasteiger partial charge in [-0.05, 0) is 79.2 Å². The Morgan fingerprint density at radius 2 is 1.62 bits per heavy atom. The maximum atomic E-state index is 12.9. The summed E-state index contributed by atoms with van der Waals surface area (Å²) in [5, 5.41) is 12.2. The van der Waals surface area contributed by atoms with Gasteiger partial charge in [-0.3, -0.25) is 0 Å². The molecule has 3 N–H and O–H groups in total. The minimum absolute atomic E-state index is 0.0326. The van der Waals surface area contributed by atoms with E-state index in [4.69, 9.17) is 19.8 Å². The van der Waals surface area contributed by atoms with E-state index in [9.17, 15) is 10.1 Å². The van der Waals surface area contributed by atoms with Gasteiger partial charge in [0.05, 0.1) is 22.8 Å². The van der Waals surface area contributed by atoms with Crippen molar-refractivity contribution in [2.75, 3.05) is 18.9 Å². The second-order valence-electron chi connectivity index (χ2n) is 10.9. The summed E-state index contributed by atoms with van der Waals surface area (Å²) in [4.78, 5) is 12.9. The molecule has 0 bridgehead atoms. The van der Waals surface area contributed by atoms with Gasteiger partial charge in [0.1, 0.15) is 6.61 Å². The molecule has 0 unspecified atom stereocenters. The Bertz CT molecular complexity index is 1430. The van der Waals surface area contributed by atoms with E-state index in [-0.39, 0.29) is 19.1 Å². The number of nitrogen functional groups attached to an aromatic ring is 1. The van der Waals surface area contributed by atoms with Crippen LogP contribution in [-0.2, 0) is 14.0 Å².